The van der Waals surface area contributed by atoms with Gasteiger partial charge in [0.1, 0.15) is 23.7 Å². The van der Waals surface area contributed by atoms with Crippen LogP contribution in [-0.2, 0) is 6.61 Å². The molecular weight excluding hydrogens is 392 g/mol. The first-order valence-corrected chi connectivity index (χ1v) is 10.7. The molecule has 6 nitrogen and oxygen atoms in total. The lowest BCUT2D eigenvalue weighted by atomic mass is 10.0. The molecule has 3 rings (SSSR count). The fourth-order valence-corrected chi connectivity index (χ4v) is 3.14. The van der Waals surface area contributed by atoms with Gasteiger partial charge in [0.05, 0.1) is 12.3 Å². The number of carbonyl (C=O) groups is 1. The van der Waals surface area contributed by atoms with Gasteiger partial charge in [-0.2, -0.15) is 0 Å². The molecule has 31 heavy (non-hydrogen) atoms. The van der Waals surface area contributed by atoms with Gasteiger partial charge < -0.3 is 19.3 Å². The van der Waals surface area contributed by atoms with Crippen LogP contribution in [0.4, 0.5) is 0 Å². The Bertz CT molecular complexity index is 949. The Morgan fingerprint density at radius 2 is 1.68 bits per heavy atom. The van der Waals surface area contributed by atoms with E-state index in [4.69, 9.17) is 14.0 Å². The van der Waals surface area contributed by atoms with Crippen molar-refractivity contribution >= 4 is 5.91 Å². The maximum absolute atomic E-state index is 12.4. The predicted octanol–water partition coefficient (Wildman–Crippen LogP) is 5.27. The molecule has 0 aliphatic heterocycles. The Morgan fingerprint density at radius 1 is 1.00 bits per heavy atom. The van der Waals surface area contributed by atoms with E-state index in [0.29, 0.717) is 36.8 Å². The molecule has 0 spiro atoms. The van der Waals surface area contributed by atoms with Crippen molar-refractivity contribution in [3.63, 3.8) is 0 Å². The molecule has 1 heterocycles. The second kappa shape index (κ2) is 11.2. The van der Waals surface area contributed by atoms with Gasteiger partial charge in [-0.3, -0.25) is 4.79 Å². The van der Waals surface area contributed by atoms with Crippen molar-refractivity contribution in [1.82, 2.24) is 10.5 Å². The second-order valence-corrected chi connectivity index (χ2v) is 7.72. The zero-order valence-corrected chi connectivity index (χ0v) is 18.4. The monoisotopic (exact) mass is 422 g/mol. The van der Waals surface area contributed by atoms with Crippen LogP contribution in [-0.4, -0.2) is 24.2 Å². The molecule has 0 fully saturated rings. The fourth-order valence-electron chi connectivity index (χ4n) is 3.14. The Labute approximate surface area is 183 Å². The highest BCUT2D eigenvalue weighted by atomic mass is 16.5. The van der Waals surface area contributed by atoms with E-state index >= 15 is 0 Å². The van der Waals surface area contributed by atoms with Crippen LogP contribution in [0.15, 0.2) is 59.1 Å². The number of nitrogens with zero attached hydrogens (tertiary/aromatic N) is 1. The normalized spacial score (nSPS) is 10.8. The number of rotatable bonds is 11. The van der Waals surface area contributed by atoms with E-state index in [1.54, 1.807) is 6.92 Å². The number of amides is 1. The molecule has 164 valence electrons. The van der Waals surface area contributed by atoms with E-state index in [9.17, 15) is 4.79 Å². The van der Waals surface area contributed by atoms with Gasteiger partial charge in [-0.05, 0) is 49.6 Å². The number of carbonyl (C=O) groups excluding carboxylic acids is 1. The number of ether oxygens (including phenoxy) is 2. The number of aromatic nitrogens is 1. The topological polar surface area (TPSA) is 73.6 Å². The SMILES string of the molecule is Cc1noc(C(C)C)c1C(=O)NCCCCOc1ccc(OCc2ccccc2)cc1. The van der Waals surface area contributed by atoms with Crippen LogP contribution in [0.25, 0.3) is 0 Å². The minimum absolute atomic E-state index is 0.116. The summed E-state index contributed by atoms with van der Waals surface area (Å²) in [5.74, 6) is 2.23. The van der Waals surface area contributed by atoms with Gasteiger partial charge in [0, 0.05) is 12.5 Å². The molecule has 0 aliphatic rings. The molecular formula is C25H30N2O4. The molecule has 0 atom stereocenters. The number of benzene rings is 2. The van der Waals surface area contributed by atoms with Crippen molar-refractivity contribution in [2.24, 2.45) is 0 Å². The van der Waals surface area contributed by atoms with Crippen LogP contribution in [0.1, 0.15) is 60.0 Å². The molecule has 0 bridgehead atoms. The van der Waals surface area contributed by atoms with Gasteiger partial charge in [0.25, 0.3) is 5.91 Å². The third-order valence-electron chi connectivity index (χ3n) is 4.84. The van der Waals surface area contributed by atoms with Gasteiger partial charge in [-0.25, -0.2) is 0 Å². The molecule has 0 saturated carbocycles. The smallest absolute Gasteiger partial charge is 0.256 e. The van der Waals surface area contributed by atoms with Crippen molar-refractivity contribution in [3.8, 4) is 11.5 Å². The number of hydrogen-bond donors (Lipinski definition) is 1. The molecule has 1 N–H and O–H groups in total. The summed E-state index contributed by atoms with van der Waals surface area (Å²) in [5, 5.41) is 6.86. The molecule has 0 saturated heterocycles. The van der Waals surface area contributed by atoms with Crippen molar-refractivity contribution in [2.45, 2.75) is 46.1 Å². The average molecular weight is 423 g/mol. The molecule has 6 heteroatoms. The fraction of sp³-hybridized carbons (Fsp3) is 0.360. The average Bonchev–Trinajstić information content (AvgIpc) is 3.18. The predicted molar refractivity (Wildman–Crippen MR) is 120 cm³/mol. The summed E-state index contributed by atoms with van der Waals surface area (Å²) in [6.45, 7) is 7.46. The highest BCUT2D eigenvalue weighted by Gasteiger charge is 2.21. The van der Waals surface area contributed by atoms with Crippen LogP contribution in [0.5, 0.6) is 11.5 Å². The minimum Gasteiger partial charge on any atom is -0.494 e. The third kappa shape index (κ3) is 6.60. The zero-order valence-electron chi connectivity index (χ0n) is 18.4. The summed E-state index contributed by atoms with van der Waals surface area (Å²) in [5.41, 5.74) is 2.32. The summed E-state index contributed by atoms with van der Waals surface area (Å²) in [4.78, 5) is 12.4. The molecule has 2 aromatic carbocycles. The zero-order chi connectivity index (χ0) is 22.1. The van der Waals surface area contributed by atoms with E-state index in [1.807, 2.05) is 68.4 Å². The summed E-state index contributed by atoms with van der Waals surface area (Å²) in [7, 11) is 0. The Hall–Kier alpha value is -3.28. The maximum Gasteiger partial charge on any atom is 0.256 e. The van der Waals surface area contributed by atoms with E-state index in [-0.39, 0.29) is 11.8 Å². The first-order valence-electron chi connectivity index (χ1n) is 10.7. The lowest BCUT2D eigenvalue weighted by Crippen LogP contribution is -2.26. The van der Waals surface area contributed by atoms with E-state index in [0.717, 1.165) is 29.9 Å². The van der Waals surface area contributed by atoms with Gasteiger partial charge in [-0.1, -0.05) is 49.3 Å². The Morgan fingerprint density at radius 3 is 2.35 bits per heavy atom. The lowest BCUT2D eigenvalue weighted by Gasteiger charge is -2.09. The second-order valence-electron chi connectivity index (χ2n) is 7.72. The number of unbranched alkanes of at least 4 members (excludes halogenated alkanes) is 1. The van der Waals surface area contributed by atoms with Gasteiger partial charge >= 0.3 is 0 Å². The first kappa shape index (κ1) is 22.4. The summed E-state index contributed by atoms with van der Waals surface area (Å²) in [6, 6.07) is 17.7. The molecule has 0 unspecified atom stereocenters. The molecule has 3 aromatic rings. The highest BCUT2D eigenvalue weighted by Crippen LogP contribution is 2.22. The largest absolute Gasteiger partial charge is 0.494 e. The molecule has 0 radical (unpaired) electrons. The van der Waals surface area contributed by atoms with Crippen LogP contribution in [0, 0.1) is 6.92 Å². The molecule has 1 aromatic heterocycles. The standard InChI is InChI=1S/C25H30N2O4/c1-18(2)24-23(19(3)27-31-24)25(28)26-15-7-8-16-29-21-11-13-22(14-12-21)30-17-20-9-5-4-6-10-20/h4-6,9-14,18H,7-8,15-17H2,1-3H3,(H,26,28). The maximum atomic E-state index is 12.4. The van der Waals surface area contributed by atoms with Crippen LogP contribution in [0.3, 0.4) is 0 Å². The van der Waals surface area contributed by atoms with Gasteiger partial charge in [-0.15, -0.1) is 0 Å². The van der Waals surface area contributed by atoms with Crippen molar-refractivity contribution < 1.29 is 18.8 Å². The van der Waals surface area contributed by atoms with Crippen LogP contribution in [0.2, 0.25) is 0 Å². The van der Waals surface area contributed by atoms with E-state index < -0.39 is 0 Å². The summed E-state index contributed by atoms with van der Waals surface area (Å²) < 4.78 is 16.8. The van der Waals surface area contributed by atoms with Crippen molar-refractivity contribution in [3.05, 3.63) is 77.2 Å². The van der Waals surface area contributed by atoms with Gasteiger partial charge in [0.15, 0.2) is 5.76 Å². The quantitative estimate of drug-likeness (QED) is 0.426. The first-order chi connectivity index (χ1) is 15.0. The summed E-state index contributed by atoms with van der Waals surface area (Å²) >= 11 is 0. The van der Waals surface area contributed by atoms with Crippen LogP contribution < -0.4 is 14.8 Å². The van der Waals surface area contributed by atoms with Crippen molar-refractivity contribution in [1.29, 1.82) is 0 Å². The van der Waals surface area contributed by atoms with Gasteiger partial charge in [0.2, 0.25) is 0 Å². The highest BCUT2D eigenvalue weighted by molar-refractivity contribution is 5.96. The van der Waals surface area contributed by atoms with Crippen molar-refractivity contribution in [2.75, 3.05) is 13.2 Å². The number of hydrogen-bond acceptors (Lipinski definition) is 5. The summed E-state index contributed by atoms with van der Waals surface area (Å²) in [6.07, 6.45) is 1.66. The lowest BCUT2D eigenvalue weighted by molar-refractivity contribution is 0.0949. The third-order valence-corrected chi connectivity index (χ3v) is 4.84. The molecule has 1 amide bonds. The minimum atomic E-state index is -0.130. The molecule has 0 aliphatic carbocycles. The Kier molecular flexibility index (Phi) is 8.10. The van der Waals surface area contributed by atoms with E-state index in [1.165, 1.54) is 0 Å². The number of aryl methyl sites for hydroxylation is 1. The Balaban J connectivity index is 1.33. The van der Waals surface area contributed by atoms with E-state index in [2.05, 4.69) is 10.5 Å². The van der Waals surface area contributed by atoms with Crippen LogP contribution >= 0.6 is 0 Å². The number of nitrogens with one attached hydrogen (secondary N) is 1.